The summed E-state index contributed by atoms with van der Waals surface area (Å²) in [5, 5.41) is 16.9. The molecule has 0 aliphatic carbocycles. The maximum Gasteiger partial charge on any atom is 0.367 e. The molecule has 0 spiro atoms. The molecule has 1 aromatic carbocycles. The molecule has 0 radical (unpaired) electrons. The van der Waals surface area contributed by atoms with Crippen LogP contribution < -0.4 is 21.9 Å². The Morgan fingerprint density at radius 2 is 1.33 bits per heavy atom. The Kier molecular flexibility index (Phi) is 6.23. The second kappa shape index (κ2) is 8.12. The molecule has 2 aromatic rings. The number of carbonyl (C=O) groups is 2. The van der Waals surface area contributed by atoms with Crippen molar-refractivity contribution in [2.24, 2.45) is 0 Å². The van der Waals surface area contributed by atoms with Crippen molar-refractivity contribution in [1.82, 2.24) is 14.7 Å². The number of hydrogen-bond acceptors (Lipinski definition) is 6. The Labute approximate surface area is 132 Å². The van der Waals surface area contributed by atoms with Crippen molar-refractivity contribution in [3.63, 3.8) is 0 Å². The largest absolute Gasteiger partial charge is 0.478 e. The van der Waals surface area contributed by atoms with Gasteiger partial charge in [-0.25, -0.2) is 24.0 Å². The molecule has 1 heterocycles. The number of H-pyrrole nitrogens is 2. The quantitative estimate of drug-likeness (QED) is 0.535. The van der Waals surface area contributed by atoms with Gasteiger partial charge in [0.1, 0.15) is 6.61 Å². The van der Waals surface area contributed by atoms with Crippen molar-refractivity contribution in [2.45, 2.75) is 6.92 Å². The topological polar surface area (TPSA) is 172 Å². The first-order valence-electron chi connectivity index (χ1n) is 6.41. The Morgan fingerprint density at radius 1 is 0.958 bits per heavy atom. The number of aromatic amines is 2. The second-order valence-corrected chi connectivity index (χ2v) is 4.09. The van der Waals surface area contributed by atoms with Crippen LogP contribution in [0, 0.1) is 0 Å². The van der Waals surface area contributed by atoms with Crippen LogP contribution in [0.15, 0.2) is 38.6 Å². The molecule has 0 saturated carbocycles. The van der Waals surface area contributed by atoms with Crippen LogP contribution in [0.4, 0.5) is 0 Å². The van der Waals surface area contributed by atoms with Crippen LogP contribution in [-0.4, -0.2) is 43.5 Å². The van der Waals surface area contributed by atoms with E-state index in [2.05, 4.69) is 4.84 Å². The van der Waals surface area contributed by atoms with E-state index in [1.54, 1.807) is 6.92 Å². The summed E-state index contributed by atoms with van der Waals surface area (Å²) < 4.78 is 0.446. The Bertz CT molecular complexity index is 824. The van der Waals surface area contributed by atoms with Crippen molar-refractivity contribution in [3.8, 4) is 0 Å². The van der Waals surface area contributed by atoms with Gasteiger partial charge in [0.2, 0.25) is 0 Å². The van der Waals surface area contributed by atoms with Crippen LogP contribution in [0.1, 0.15) is 27.6 Å². The lowest BCUT2D eigenvalue weighted by Gasteiger charge is -2.00. The summed E-state index contributed by atoms with van der Waals surface area (Å²) in [7, 11) is 0. The maximum atomic E-state index is 10.8. The highest BCUT2D eigenvalue weighted by Gasteiger charge is 2.05. The molecular weight excluding hydrogens is 326 g/mol. The molecule has 11 nitrogen and oxygen atoms in total. The van der Waals surface area contributed by atoms with Crippen LogP contribution in [0.25, 0.3) is 0 Å². The zero-order valence-corrected chi connectivity index (χ0v) is 12.3. The van der Waals surface area contributed by atoms with Gasteiger partial charge in [-0.15, -0.1) is 0 Å². The Balaban J connectivity index is 0.000000240. The highest BCUT2D eigenvalue weighted by atomic mass is 16.7. The molecule has 0 bridgehead atoms. The van der Waals surface area contributed by atoms with E-state index in [4.69, 9.17) is 10.2 Å². The van der Waals surface area contributed by atoms with Gasteiger partial charge in [-0.3, -0.25) is 9.97 Å². The van der Waals surface area contributed by atoms with Gasteiger partial charge in [0.05, 0.1) is 11.1 Å². The molecule has 1 aromatic heterocycles. The molecule has 2 rings (SSSR count). The van der Waals surface area contributed by atoms with E-state index in [0.717, 1.165) is 0 Å². The number of hydrogen-bond donors (Lipinski definition) is 4. The summed E-state index contributed by atoms with van der Waals surface area (Å²) in [6.07, 6.45) is 0. The normalized spacial score (nSPS) is 9.54. The predicted octanol–water partition coefficient (Wildman–Crippen LogP) is -1.24. The molecule has 0 aliphatic heterocycles. The third kappa shape index (κ3) is 4.98. The summed E-state index contributed by atoms with van der Waals surface area (Å²) in [4.78, 5) is 61.1. The van der Waals surface area contributed by atoms with E-state index in [0.29, 0.717) is 4.73 Å². The number of carboxylic acid groups (broad SMARTS) is 2. The first-order valence-corrected chi connectivity index (χ1v) is 6.41. The number of aromatic carboxylic acids is 2. The third-order valence-electron chi connectivity index (χ3n) is 2.45. The third-order valence-corrected chi connectivity index (χ3v) is 2.45. The molecule has 0 amide bonds. The fourth-order valence-corrected chi connectivity index (χ4v) is 1.42. The minimum Gasteiger partial charge on any atom is -0.478 e. The number of benzene rings is 1. The van der Waals surface area contributed by atoms with E-state index in [1.165, 1.54) is 24.3 Å². The van der Waals surface area contributed by atoms with E-state index in [9.17, 15) is 24.0 Å². The van der Waals surface area contributed by atoms with Gasteiger partial charge in [0, 0.05) is 0 Å². The van der Waals surface area contributed by atoms with Crippen molar-refractivity contribution in [2.75, 3.05) is 6.61 Å². The zero-order valence-electron chi connectivity index (χ0n) is 12.3. The number of rotatable bonds is 4. The lowest BCUT2D eigenvalue weighted by molar-refractivity contribution is 0.0681. The molecule has 4 N–H and O–H groups in total. The van der Waals surface area contributed by atoms with E-state index >= 15 is 0 Å². The Morgan fingerprint density at radius 3 is 1.62 bits per heavy atom. The Hall–Kier alpha value is -3.63. The fraction of sp³-hybridized carbons (Fsp3) is 0.154. The minimum absolute atomic E-state index is 0.0833. The number of aromatic nitrogens is 3. The highest BCUT2D eigenvalue weighted by Crippen LogP contribution is 2.03. The highest BCUT2D eigenvalue weighted by molar-refractivity contribution is 5.91. The fourth-order valence-electron chi connectivity index (χ4n) is 1.42. The van der Waals surface area contributed by atoms with Gasteiger partial charge in [0.25, 0.3) is 0 Å². The summed E-state index contributed by atoms with van der Waals surface area (Å²) in [6.45, 7) is 1.77. The van der Waals surface area contributed by atoms with Crippen molar-refractivity contribution < 1.29 is 24.6 Å². The monoisotopic (exact) mass is 339 g/mol. The standard InChI is InChI=1S/C8H6O4.C5H7N3O4/c9-7(10)5-1-2-6(4-3-5)8(11)12;1-2-12-8-4(10)6-3(9)7-5(8)11/h1-4H,(H,9,10)(H,11,12);2H2,1H3,(H2,6,7,9,10,11). The lowest BCUT2D eigenvalue weighted by atomic mass is 10.1. The predicted molar refractivity (Wildman–Crippen MR) is 79.4 cm³/mol. The average Bonchev–Trinajstić information content (AvgIpc) is 2.51. The SMILES string of the molecule is CCOn1c(=O)[nH]c(=O)[nH]c1=O.O=C(O)c1ccc(C(=O)O)cc1. The molecular formula is C13H13N3O8. The molecule has 0 aliphatic rings. The van der Waals surface area contributed by atoms with Gasteiger partial charge < -0.3 is 15.1 Å². The van der Waals surface area contributed by atoms with Crippen LogP contribution >= 0.6 is 0 Å². The summed E-state index contributed by atoms with van der Waals surface area (Å²) in [6, 6.07) is 5.02. The smallest absolute Gasteiger partial charge is 0.367 e. The maximum absolute atomic E-state index is 10.8. The zero-order chi connectivity index (χ0) is 18.3. The van der Waals surface area contributed by atoms with Gasteiger partial charge in [-0.05, 0) is 31.2 Å². The summed E-state index contributed by atoms with van der Waals surface area (Å²) >= 11 is 0. The first kappa shape index (κ1) is 18.4. The average molecular weight is 339 g/mol. The van der Waals surface area contributed by atoms with Crippen molar-refractivity contribution in [3.05, 3.63) is 66.8 Å². The van der Waals surface area contributed by atoms with Crippen molar-refractivity contribution in [1.29, 1.82) is 0 Å². The summed E-state index contributed by atoms with van der Waals surface area (Å²) in [5.74, 6) is -2.13. The van der Waals surface area contributed by atoms with Gasteiger partial charge in [-0.1, -0.05) is 4.73 Å². The number of nitrogens with one attached hydrogen (secondary N) is 2. The van der Waals surface area contributed by atoms with E-state index in [1.807, 2.05) is 9.97 Å². The van der Waals surface area contributed by atoms with Gasteiger partial charge >= 0.3 is 29.0 Å². The molecule has 24 heavy (non-hydrogen) atoms. The van der Waals surface area contributed by atoms with E-state index in [-0.39, 0.29) is 17.7 Å². The van der Waals surface area contributed by atoms with Gasteiger partial charge in [0.15, 0.2) is 0 Å². The van der Waals surface area contributed by atoms with Crippen molar-refractivity contribution >= 4 is 11.9 Å². The van der Waals surface area contributed by atoms with Crippen LogP contribution in [0.5, 0.6) is 0 Å². The minimum atomic E-state index is -1.06. The number of nitrogens with zero attached hydrogens (tertiary/aromatic N) is 1. The molecule has 128 valence electrons. The molecule has 11 heteroatoms. The summed E-state index contributed by atoms with van der Waals surface area (Å²) in [5.41, 5.74) is -2.45. The second-order valence-electron chi connectivity index (χ2n) is 4.09. The molecule has 0 saturated heterocycles. The molecule has 0 atom stereocenters. The van der Waals surface area contributed by atoms with Crippen LogP contribution in [0.2, 0.25) is 0 Å². The molecule has 0 unspecified atom stereocenters. The lowest BCUT2D eigenvalue weighted by Crippen LogP contribution is -2.46. The van der Waals surface area contributed by atoms with Crippen LogP contribution in [-0.2, 0) is 0 Å². The van der Waals surface area contributed by atoms with Crippen LogP contribution in [0.3, 0.4) is 0 Å². The molecule has 0 fully saturated rings. The first-order chi connectivity index (χ1) is 11.3. The number of carboxylic acids is 2. The van der Waals surface area contributed by atoms with E-state index < -0.39 is 29.0 Å². The van der Waals surface area contributed by atoms with Gasteiger partial charge in [-0.2, -0.15) is 0 Å².